The van der Waals surface area contributed by atoms with E-state index in [1.165, 1.54) is 0 Å². The van der Waals surface area contributed by atoms with Gasteiger partial charge in [0.2, 0.25) is 17.7 Å². The number of ether oxygens (including phenoxy) is 2. The van der Waals surface area contributed by atoms with Gasteiger partial charge in [-0.2, -0.15) is 0 Å². The van der Waals surface area contributed by atoms with Gasteiger partial charge in [0, 0.05) is 103 Å². The van der Waals surface area contributed by atoms with E-state index in [1.807, 2.05) is 70.5 Å². The number of amides is 3. The van der Waals surface area contributed by atoms with Gasteiger partial charge in [0.05, 0.1) is 32.1 Å². The number of thiocarbonyl (C=S) groups is 1. The Bertz CT molecular complexity index is 2410. The van der Waals surface area contributed by atoms with Crippen molar-refractivity contribution in [3.8, 4) is 0 Å². The molecule has 0 bridgehead atoms. The van der Waals surface area contributed by atoms with Crippen LogP contribution in [0.25, 0.3) is 0 Å². The van der Waals surface area contributed by atoms with E-state index < -0.39 is 54.0 Å². The normalized spacial score (nSPS) is 15.2. The Labute approximate surface area is 494 Å². The van der Waals surface area contributed by atoms with Gasteiger partial charge in [-0.05, 0) is 61.9 Å². The van der Waals surface area contributed by atoms with Gasteiger partial charge >= 0.3 is 23.9 Å². The molecular weight excluding hydrogens is 1110 g/mol. The van der Waals surface area contributed by atoms with Crippen molar-refractivity contribution in [2.24, 2.45) is 5.92 Å². The molecular formula is C57H83N9O17S. The van der Waals surface area contributed by atoms with E-state index in [9.17, 15) is 68.1 Å². The Morgan fingerprint density at radius 3 is 1.63 bits per heavy atom. The number of hydrogen-bond acceptors (Lipinski definition) is 18. The summed E-state index contributed by atoms with van der Waals surface area (Å²) in [6.07, 6.45) is 2.58. The molecule has 0 spiro atoms. The molecule has 0 radical (unpaired) electrons. The summed E-state index contributed by atoms with van der Waals surface area (Å²) >= 11 is 5.09. The van der Waals surface area contributed by atoms with Crippen molar-refractivity contribution in [2.75, 3.05) is 91.8 Å². The number of carboxylic acids is 4. The molecule has 0 unspecified atom stereocenters. The number of carbonyl (C=O) groups is 11. The van der Waals surface area contributed by atoms with Crippen LogP contribution < -0.4 is 26.6 Å². The lowest BCUT2D eigenvalue weighted by Gasteiger charge is -2.32. The molecule has 0 aromatic heterocycles. The molecule has 464 valence electrons. The van der Waals surface area contributed by atoms with Crippen LogP contribution >= 0.6 is 12.2 Å². The molecule has 1 fully saturated rings. The average Bonchev–Trinajstić information content (AvgIpc) is 3.61. The van der Waals surface area contributed by atoms with E-state index in [-0.39, 0.29) is 152 Å². The lowest BCUT2D eigenvalue weighted by atomic mass is 9.90. The van der Waals surface area contributed by atoms with Crippen molar-refractivity contribution in [3.05, 3.63) is 71.8 Å². The molecule has 3 amide bonds. The van der Waals surface area contributed by atoms with Crippen LogP contribution in [-0.4, -0.2) is 221 Å². The van der Waals surface area contributed by atoms with Gasteiger partial charge in [-0.3, -0.25) is 67.5 Å². The maximum Gasteiger partial charge on any atom is 0.326 e. The Balaban J connectivity index is 1.52. The Morgan fingerprint density at radius 2 is 1.07 bits per heavy atom. The first-order valence-corrected chi connectivity index (χ1v) is 28.7. The molecule has 0 aliphatic carbocycles. The number of carboxylic acid groups (broad SMARTS) is 4. The maximum absolute atomic E-state index is 14.2. The van der Waals surface area contributed by atoms with Gasteiger partial charge < -0.3 is 56.5 Å². The van der Waals surface area contributed by atoms with Gasteiger partial charge in [-0.1, -0.05) is 79.9 Å². The van der Waals surface area contributed by atoms with E-state index in [0.717, 1.165) is 30.4 Å². The first kappa shape index (κ1) is 70.8. The van der Waals surface area contributed by atoms with Crippen LogP contribution in [0.15, 0.2) is 60.7 Å². The zero-order valence-electron chi connectivity index (χ0n) is 47.5. The van der Waals surface area contributed by atoms with E-state index >= 15 is 0 Å². The summed E-state index contributed by atoms with van der Waals surface area (Å²) in [7, 11) is 0. The molecule has 2 aromatic rings. The Morgan fingerprint density at radius 1 is 0.536 bits per heavy atom. The summed E-state index contributed by atoms with van der Waals surface area (Å²) in [5.74, 6) is -6.75. The summed E-state index contributed by atoms with van der Waals surface area (Å²) in [5, 5.41) is 51.1. The molecule has 1 aliphatic heterocycles. The number of aliphatic carboxylic acids is 4. The molecule has 84 heavy (non-hydrogen) atoms. The van der Waals surface area contributed by atoms with Gasteiger partial charge in [0.1, 0.15) is 18.6 Å². The zero-order valence-corrected chi connectivity index (χ0v) is 48.4. The fourth-order valence-electron chi connectivity index (χ4n) is 9.21. The second-order valence-corrected chi connectivity index (χ2v) is 20.9. The molecule has 1 aliphatic rings. The van der Waals surface area contributed by atoms with E-state index in [1.54, 1.807) is 9.80 Å². The van der Waals surface area contributed by atoms with Crippen molar-refractivity contribution in [3.63, 3.8) is 0 Å². The average molecular weight is 1200 g/mol. The van der Waals surface area contributed by atoms with Gasteiger partial charge in [-0.25, -0.2) is 4.79 Å². The van der Waals surface area contributed by atoms with E-state index in [2.05, 4.69) is 26.6 Å². The van der Waals surface area contributed by atoms with Gasteiger partial charge in [-0.15, -0.1) is 0 Å². The number of carbonyl (C=O) groups excluding carboxylic acids is 7. The van der Waals surface area contributed by atoms with Crippen LogP contribution in [0.4, 0.5) is 0 Å². The molecule has 1 heterocycles. The first-order chi connectivity index (χ1) is 40.3. The van der Waals surface area contributed by atoms with Gasteiger partial charge in [0.25, 0.3) is 12.9 Å². The van der Waals surface area contributed by atoms with Crippen molar-refractivity contribution >= 4 is 83.4 Å². The Hall–Kier alpha value is -7.46. The highest BCUT2D eigenvalue weighted by Gasteiger charge is 2.29. The summed E-state index contributed by atoms with van der Waals surface area (Å²) < 4.78 is 9.77. The molecule has 27 heteroatoms. The largest absolute Gasteiger partial charge is 0.481 e. The highest BCUT2D eigenvalue weighted by molar-refractivity contribution is 7.80. The molecule has 4 atom stereocenters. The summed E-state index contributed by atoms with van der Waals surface area (Å²) in [5.41, 5.74) is 1.66. The van der Waals surface area contributed by atoms with Crippen molar-refractivity contribution in [1.82, 2.24) is 46.2 Å². The maximum atomic E-state index is 14.2. The summed E-state index contributed by atoms with van der Waals surface area (Å²) in [6.45, 7) is 2.75. The molecule has 9 N–H and O–H groups in total. The number of benzene rings is 2. The number of unbranched alkanes of at least 4 members (excludes halogenated alkanes) is 4. The van der Waals surface area contributed by atoms with Crippen molar-refractivity contribution < 1.29 is 82.6 Å². The molecule has 3 rings (SSSR count). The van der Waals surface area contributed by atoms with Crippen LogP contribution in [0.2, 0.25) is 0 Å². The third kappa shape index (κ3) is 32.4. The second kappa shape index (κ2) is 41.5. The number of nitrogens with one attached hydrogen (secondary N) is 5. The molecule has 2 aromatic carbocycles. The molecule has 1 saturated heterocycles. The lowest BCUT2D eigenvalue weighted by molar-refractivity contribution is -0.141. The van der Waals surface area contributed by atoms with E-state index in [0.29, 0.717) is 58.6 Å². The molecule has 26 nitrogen and oxygen atoms in total. The number of nitrogens with zero attached hydrogens (tertiary/aromatic N) is 4. The predicted molar refractivity (Wildman–Crippen MR) is 309 cm³/mol. The molecule has 0 saturated carbocycles. The Kier molecular flexibility index (Phi) is 35.0. The zero-order chi connectivity index (χ0) is 61.5. The number of hydrogen-bond donors (Lipinski definition) is 9. The first-order valence-electron chi connectivity index (χ1n) is 28.3. The minimum Gasteiger partial charge on any atom is -0.481 e. The monoisotopic (exact) mass is 1200 g/mol. The minimum absolute atomic E-state index is 0.0212. The standard InChI is InChI=1S/C57H83N9O17S/c67-40-82-39-66-31-29-63(25-26-64(37-53(75)76)27-28-65(30-32-66)38-54(77)78)36-50(72)59-24-12-18-48(70)47(34-43-15-8-5-9-16-43)60-55(79)44(33-42-13-6-4-7-14-42)35-45(69)17-10-2-1-3-11-23-58-49(71)20-19-46(56(80)81)61-57(84)62-51(83-41-68)21-22-52(73)74/h4-9,13-16,40-41,44,46-47,51H,1-3,10-12,17-39H2,(H,58,71)(H,59,72)(H,60,79)(H,73,74)(H,75,76)(H,77,78)(H,80,81)(H2,61,62,84)/t44-,46+,47+,51-/m1/s1. The minimum atomic E-state index is -1.28. The van der Waals surface area contributed by atoms with Crippen LogP contribution in [-0.2, 0) is 75.1 Å². The number of Topliss-reactive ketones (excluding diaryl/α,β-unsaturated/α-hetero) is 2. The number of rotatable bonds is 41. The highest BCUT2D eigenvalue weighted by atomic mass is 32.1. The van der Waals surface area contributed by atoms with Crippen LogP contribution in [0, 0.1) is 5.92 Å². The summed E-state index contributed by atoms with van der Waals surface area (Å²) in [4.78, 5) is 142. The third-order valence-corrected chi connectivity index (χ3v) is 14.0. The van der Waals surface area contributed by atoms with Crippen LogP contribution in [0.1, 0.15) is 94.6 Å². The highest BCUT2D eigenvalue weighted by Crippen LogP contribution is 2.18. The van der Waals surface area contributed by atoms with Crippen molar-refractivity contribution in [2.45, 2.75) is 115 Å². The van der Waals surface area contributed by atoms with Crippen LogP contribution in [0.3, 0.4) is 0 Å². The SMILES string of the molecule is O=COCN1CCN(CC(=O)O)CCN(CC(=O)O)CCN(CC(=O)NCCCC(=O)[C@H](Cc2ccccc2)NC(=O)[C@@H](CC(=O)CCCCCCCNC(=O)CC[C@H](NC(=S)N[C@@H](CCC(=O)O)OC=O)C(=O)O)Cc2ccccc2)CC1. The quantitative estimate of drug-likeness (QED) is 0.0194. The smallest absolute Gasteiger partial charge is 0.326 e. The predicted octanol–water partition coefficient (Wildman–Crippen LogP) is 1.04. The fourth-order valence-corrected chi connectivity index (χ4v) is 9.48. The topological polar surface area (TPSA) is 360 Å². The van der Waals surface area contributed by atoms with E-state index in [4.69, 9.17) is 26.8 Å². The fraction of sp³-hybridized carbons (Fsp3) is 0.579. The van der Waals surface area contributed by atoms with Gasteiger partial charge in [0.15, 0.2) is 17.1 Å². The number of ketones is 2. The second-order valence-electron chi connectivity index (χ2n) is 20.5. The van der Waals surface area contributed by atoms with Crippen molar-refractivity contribution in [1.29, 1.82) is 0 Å². The lowest BCUT2D eigenvalue weighted by Crippen LogP contribution is -2.49. The van der Waals surface area contributed by atoms with Crippen LogP contribution in [0.5, 0.6) is 0 Å². The summed E-state index contributed by atoms with van der Waals surface area (Å²) in [6, 6.07) is 16.3. The third-order valence-electron chi connectivity index (χ3n) is 13.8.